The predicted molar refractivity (Wildman–Crippen MR) is 73.2 cm³/mol. The summed E-state index contributed by atoms with van der Waals surface area (Å²) in [6.07, 6.45) is 4.69. The van der Waals surface area contributed by atoms with Crippen molar-refractivity contribution in [3.63, 3.8) is 0 Å². The first kappa shape index (κ1) is 12.4. The second-order valence-electron chi connectivity index (χ2n) is 7.41. The van der Waals surface area contributed by atoms with Gasteiger partial charge in [-0.3, -0.25) is 0 Å². The van der Waals surface area contributed by atoms with Crippen LogP contribution in [0.1, 0.15) is 32.6 Å². The second kappa shape index (κ2) is 4.10. The van der Waals surface area contributed by atoms with Crippen LogP contribution in [0.5, 0.6) is 0 Å². The molecule has 0 radical (unpaired) electrons. The van der Waals surface area contributed by atoms with Crippen molar-refractivity contribution in [2.24, 2.45) is 41.4 Å². The molecule has 20 heavy (non-hydrogen) atoms. The molecule has 106 valence electrons. The first-order chi connectivity index (χ1) is 9.60. The van der Waals surface area contributed by atoms with Gasteiger partial charge in [0.25, 0.3) is 0 Å². The smallest absolute Gasteiger partial charge is 0.333 e. The van der Waals surface area contributed by atoms with Crippen molar-refractivity contribution < 1.29 is 9.53 Å². The van der Waals surface area contributed by atoms with Gasteiger partial charge in [0, 0.05) is 11.5 Å². The summed E-state index contributed by atoms with van der Waals surface area (Å²) in [4.78, 5) is 11.8. The molecule has 4 saturated carbocycles. The summed E-state index contributed by atoms with van der Waals surface area (Å²) >= 11 is 0. The molecule has 0 saturated heterocycles. The van der Waals surface area contributed by atoms with Crippen molar-refractivity contribution in [2.75, 3.05) is 0 Å². The zero-order valence-corrected chi connectivity index (χ0v) is 11.9. The van der Waals surface area contributed by atoms with Gasteiger partial charge in [0.2, 0.25) is 0 Å². The summed E-state index contributed by atoms with van der Waals surface area (Å²) < 4.78 is 5.67. The molecule has 8 unspecified atom stereocenters. The van der Waals surface area contributed by atoms with Gasteiger partial charge in [0.05, 0.1) is 6.07 Å². The van der Waals surface area contributed by atoms with E-state index >= 15 is 0 Å². The minimum Gasteiger partial charge on any atom is -0.459 e. The highest BCUT2D eigenvalue weighted by atomic mass is 16.5. The number of nitrogens with zero attached hydrogens (tertiary/aromatic N) is 1. The number of hydrogen-bond acceptors (Lipinski definition) is 3. The van der Waals surface area contributed by atoms with Gasteiger partial charge in [-0.25, -0.2) is 4.79 Å². The maximum atomic E-state index is 11.8. The van der Waals surface area contributed by atoms with Gasteiger partial charge < -0.3 is 4.74 Å². The standard InChI is InChI=1S/C17H21NO2/c1-8(2)17(19)20-14-6-10-5-13(14)16-9-3-11(7-18)12(4-9)15(10)16/h9-16H,1,3-6H2,2H3. The third kappa shape index (κ3) is 1.48. The van der Waals surface area contributed by atoms with Gasteiger partial charge >= 0.3 is 5.97 Å². The first-order valence-electron chi connectivity index (χ1n) is 7.86. The molecule has 0 N–H and O–H groups in total. The van der Waals surface area contributed by atoms with Crippen molar-refractivity contribution >= 4 is 5.97 Å². The highest BCUT2D eigenvalue weighted by molar-refractivity contribution is 5.87. The Bertz CT molecular complexity index is 520. The van der Waals surface area contributed by atoms with E-state index in [1.54, 1.807) is 6.92 Å². The van der Waals surface area contributed by atoms with Crippen molar-refractivity contribution in [1.29, 1.82) is 5.26 Å². The van der Waals surface area contributed by atoms with E-state index in [1.807, 2.05) is 0 Å². The lowest BCUT2D eigenvalue weighted by molar-refractivity contribution is -0.149. The Kier molecular flexibility index (Phi) is 2.55. The molecule has 4 fully saturated rings. The molecule has 0 aromatic carbocycles. The van der Waals surface area contributed by atoms with Crippen molar-refractivity contribution in [3.8, 4) is 6.07 Å². The van der Waals surface area contributed by atoms with Gasteiger partial charge in [-0.1, -0.05) is 6.58 Å². The predicted octanol–water partition coefficient (Wildman–Crippen LogP) is 2.93. The number of rotatable bonds is 2. The van der Waals surface area contributed by atoms with Crippen LogP contribution in [-0.2, 0) is 9.53 Å². The average Bonchev–Trinajstić information content (AvgIpc) is 3.14. The van der Waals surface area contributed by atoms with Gasteiger partial charge in [-0.2, -0.15) is 5.26 Å². The van der Waals surface area contributed by atoms with E-state index in [0.717, 1.165) is 30.6 Å². The Morgan fingerprint density at radius 2 is 1.80 bits per heavy atom. The molecule has 0 aromatic rings. The third-order valence-corrected chi connectivity index (χ3v) is 6.53. The lowest BCUT2D eigenvalue weighted by Crippen LogP contribution is -2.39. The molecule has 0 aliphatic heterocycles. The fraction of sp³-hybridized carbons (Fsp3) is 0.765. The monoisotopic (exact) mass is 271 g/mol. The van der Waals surface area contributed by atoms with Crippen LogP contribution in [0.3, 0.4) is 0 Å². The molecule has 8 atom stereocenters. The number of hydrogen-bond donors (Lipinski definition) is 0. The van der Waals surface area contributed by atoms with Crippen LogP contribution in [-0.4, -0.2) is 12.1 Å². The molecular weight excluding hydrogens is 250 g/mol. The molecule has 0 amide bonds. The molecule has 0 spiro atoms. The third-order valence-electron chi connectivity index (χ3n) is 6.53. The fourth-order valence-corrected chi connectivity index (χ4v) is 6.06. The summed E-state index contributed by atoms with van der Waals surface area (Å²) in [5.41, 5.74) is 0.502. The minimum atomic E-state index is -0.225. The summed E-state index contributed by atoms with van der Waals surface area (Å²) in [6.45, 7) is 5.39. The Morgan fingerprint density at radius 1 is 1.15 bits per heavy atom. The summed E-state index contributed by atoms with van der Waals surface area (Å²) in [7, 11) is 0. The van der Waals surface area contributed by atoms with Crippen LogP contribution in [0.15, 0.2) is 12.2 Å². The number of ether oxygens (including phenoxy) is 1. The van der Waals surface area contributed by atoms with Crippen LogP contribution < -0.4 is 0 Å². The molecule has 3 heteroatoms. The van der Waals surface area contributed by atoms with E-state index in [-0.39, 0.29) is 12.1 Å². The molecular formula is C17H21NO2. The zero-order chi connectivity index (χ0) is 14.0. The van der Waals surface area contributed by atoms with Gasteiger partial charge in [0.1, 0.15) is 6.10 Å². The van der Waals surface area contributed by atoms with Crippen LogP contribution in [0.25, 0.3) is 0 Å². The minimum absolute atomic E-state index is 0.116. The van der Waals surface area contributed by atoms with E-state index in [1.165, 1.54) is 12.8 Å². The van der Waals surface area contributed by atoms with E-state index in [9.17, 15) is 10.1 Å². The Labute approximate surface area is 120 Å². The largest absolute Gasteiger partial charge is 0.459 e. The maximum absolute atomic E-state index is 11.8. The Morgan fingerprint density at radius 3 is 2.50 bits per heavy atom. The summed E-state index contributed by atoms with van der Waals surface area (Å²) in [5.74, 6) is 4.17. The summed E-state index contributed by atoms with van der Waals surface area (Å²) in [6, 6.07) is 2.53. The first-order valence-corrected chi connectivity index (χ1v) is 7.86. The highest BCUT2D eigenvalue weighted by Gasteiger charge is 2.65. The lowest BCUT2D eigenvalue weighted by Gasteiger charge is -2.39. The number of nitriles is 1. The Hall–Kier alpha value is -1.30. The van der Waals surface area contributed by atoms with Crippen LogP contribution in [0.2, 0.25) is 0 Å². The topological polar surface area (TPSA) is 50.1 Å². The normalized spacial score (nSPS) is 50.8. The summed E-state index contributed by atoms with van der Waals surface area (Å²) in [5, 5.41) is 9.28. The SMILES string of the molecule is C=C(C)C(=O)OC1CC2CC1C1C3CC(C#N)C(C3)C21. The number of fused-ring (bicyclic) bond motifs is 9. The average molecular weight is 271 g/mol. The molecule has 0 heterocycles. The van der Waals surface area contributed by atoms with Crippen LogP contribution in [0.4, 0.5) is 0 Å². The van der Waals surface area contributed by atoms with E-state index in [2.05, 4.69) is 12.6 Å². The van der Waals surface area contributed by atoms with Crippen LogP contribution >= 0.6 is 0 Å². The van der Waals surface area contributed by atoms with E-state index < -0.39 is 0 Å². The zero-order valence-electron chi connectivity index (χ0n) is 11.9. The number of carbonyl (C=O) groups excluding carboxylic acids is 1. The number of esters is 1. The fourth-order valence-electron chi connectivity index (χ4n) is 6.06. The van der Waals surface area contributed by atoms with Gasteiger partial charge in [0.15, 0.2) is 0 Å². The lowest BCUT2D eigenvalue weighted by atomic mass is 9.67. The van der Waals surface area contributed by atoms with E-state index in [0.29, 0.717) is 29.2 Å². The quantitative estimate of drug-likeness (QED) is 0.441. The molecule has 4 rings (SSSR count). The van der Waals surface area contributed by atoms with Gasteiger partial charge in [-0.05, 0) is 68.1 Å². The van der Waals surface area contributed by atoms with Crippen molar-refractivity contribution in [2.45, 2.75) is 38.7 Å². The van der Waals surface area contributed by atoms with Crippen molar-refractivity contribution in [1.82, 2.24) is 0 Å². The van der Waals surface area contributed by atoms with Crippen molar-refractivity contribution in [3.05, 3.63) is 12.2 Å². The van der Waals surface area contributed by atoms with Crippen LogP contribution in [0, 0.1) is 52.8 Å². The van der Waals surface area contributed by atoms with Gasteiger partial charge in [-0.15, -0.1) is 0 Å². The molecule has 4 bridgehead atoms. The molecule has 4 aliphatic rings. The molecule has 0 aromatic heterocycles. The maximum Gasteiger partial charge on any atom is 0.333 e. The second-order valence-corrected chi connectivity index (χ2v) is 7.41. The Balaban J connectivity index is 1.52. The highest BCUT2D eigenvalue weighted by Crippen LogP contribution is 2.69. The molecule has 3 nitrogen and oxygen atoms in total. The number of carbonyl (C=O) groups is 1. The molecule has 4 aliphatic carbocycles. The van der Waals surface area contributed by atoms with E-state index in [4.69, 9.17) is 4.74 Å².